The molecular weight excluding hydrogens is 348 g/mol. The molecule has 0 unspecified atom stereocenters. The van der Waals surface area contributed by atoms with Crippen molar-refractivity contribution >= 4 is 27.3 Å². The monoisotopic (exact) mass is 366 g/mol. The van der Waals surface area contributed by atoms with Gasteiger partial charge in [-0.2, -0.15) is 0 Å². The average molecular weight is 366 g/mol. The first kappa shape index (κ1) is 16.9. The van der Waals surface area contributed by atoms with Gasteiger partial charge in [-0.05, 0) is 24.1 Å². The molecule has 0 bridgehead atoms. The van der Waals surface area contributed by atoms with Gasteiger partial charge in [-0.15, -0.1) is 11.3 Å². The molecule has 3 rings (SSSR count). The minimum absolute atomic E-state index is 0.0757. The summed E-state index contributed by atoms with van der Waals surface area (Å²) in [6.45, 7) is 0.772. The molecule has 2 N–H and O–H groups in total. The fraction of sp³-hybridized carbons (Fsp3) is 0.312. The molecule has 1 atom stereocenters. The van der Waals surface area contributed by atoms with Crippen molar-refractivity contribution < 1.29 is 17.9 Å². The second-order valence-corrected chi connectivity index (χ2v) is 8.24. The number of ether oxygens (including phenoxy) is 1. The molecule has 1 aliphatic rings. The van der Waals surface area contributed by atoms with Gasteiger partial charge in [0.25, 0.3) is 5.91 Å². The average Bonchev–Trinajstić information content (AvgIpc) is 3.10. The maximum Gasteiger partial charge on any atom is 0.261 e. The van der Waals surface area contributed by atoms with Crippen LogP contribution in [0.2, 0.25) is 0 Å². The first-order valence-electron chi connectivity index (χ1n) is 7.50. The quantitative estimate of drug-likeness (QED) is 0.842. The first-order chi connectivity index (χ1) is 11.5. The lowest BCUT2D eigenvalue weighted by atomic mass is 9.97. The van der Waals surface area contributed by atoms with Crippen LogP contribution in [0.15, 0.2) is 40.6 Å². The summed E-state index contributed by atoms with van der Waals surface area (Å²) in [5.41, 5.74) is 1.09. The molecule has 0 saturated carbocycles. The Morgan fingerprint density at radius 2 is 2.17 bits per heavy atom. The van der Waals surface area contributed by atoms with Gasteiger partial charge in [-0.25, -0.2) is 13.1 Å². The standard InChI is InChI=1S/C16H18N2O4S2/c1-17-16(19)15-7-13(10-23-15)24(20,21)18-8-11-6-12-4-2-3-5-14(12)22-9-11/h2-5,7,10-11,18H,6,8-9H2,1H3,(H,17,19)/t11-/m1/s1. The maximum atomic E-state index is 12.4. The van der Waals surface area contributed by atoms with E-state index in [9.17, 15) is 13.2 Å². The Balaban J connectivity index is 1.64. The molecule has 1 aromatic carbocycles. The van der Waals surface area contributed by atoms with Crippen LogP contribution in [0.4, 0.5) is 0 Å². The Labute approximate surface area is 144 Å². The normalized spacial score (nSPS) is 17.0. The summed E-state index contributed by atoms with van der Waals surface area (Å²) in [4.78, 5) is 12.0. The fourth-order valence-electron chi connectivity index (χ4n) is 2.53. The van der Waals surface area contributed by atoms with Crippen molar-refractivity contribution in [3.05, 3.63) is 46.2 Å². The number of benzene rings is 1. The number of nitrogens with one attached hydrogen (secondary N) is 2. The van der Waals surface area contributed by atoms with E-state index in [1.54, 1.807) is 0 Å². The lowest BCUT2D eigenvalue weighted by Crippen LogP contribution is -2.34. The Kier molecular flexibility index (Phi) is 4.88. The van der Waals surface area contributed by atoms with Crippen molar-refractivity contribution in [3.63, 3.8) is 0 Å². The van der Waals surface area contributed by atoms with Gasteiger partial charge >= 0.3 is 0 Å². The van der Waals surface area contributed by atoms with Gasteiger partial charge in [0.2, 0.25) is 10.0 Å². The molecule has 128 valence electrons. The number of carbonyl (C=O) groups is 1. The second-order valence-electron chi connectivity index (χ2n) is 5.57. The van der Waals surface area contributed by atoms with Gasteiger partial charge in [0.1, 0.15) is 5.75 Å². The van der Waals surface area contributed by atoms with Crippen molar-refractivity contribution in [2.45, 2.75) is 11.3 Å². The van der Waals surface area contributed by atoms with Crippen molar-refractivity contribution in [3.8, 4) is 5.75 Å². The number of carbonyl (C=O) groups excluding carboxylic acids is 1. The zero-order valence-corrected chi connectivity index (χ0v) is 14.7. The zero-order chi connectivity index (χ0) is 17.2. The molecule has 0 aliphatic carbocycles. The number of fused-ring (bicyclic) bond motifs is 1. The zero-order valence-electron chi connectivity index (χ0n) is 13.1. The molecule has 6 nitrogen and oxygen atoms in total. The van der Waals surface area contributed by atoms with E-state index < -0.39 is 10.0 Å². The molecule has 24 heavy (non-hydrogen) atoms. The van der Waals surface area contributed by atoms with E-state index in [2.05, 4.69) is 10.0 Å². The summed E-state index contributed by atoms with van der Waals surface area (Å²) in [5, 5.41) is 3.95. The third kappa shape index (κ3) is 3.61. The molecule has 1 aromatic heterocycles. The predicted octanol–water partition coefficient (Wildman–Crippen LogP) is 1.64. The Hall–Kier alpha value is -1.90. The summed E-state index contributed by atoms with van der Waals surface area (Å²) in [6, 6.07) is 9.16. The largest absolute Gasteiger partial charge is 0.493 e. The Bertz CT molecular complexity index is 845. The van der Waals surface area contributed by atoms with E-state index in [-0.39, 0.29) is 16.7 Å². The number of para-hydroxylation sites is 1. The third-order valence-electron chi connectivity index (χ3n) is 3.85. The molecule has 0 fully saturated rings. The van der Waals surface area contributed by atoms with Crippen LogP contribution in [0.25, 0.3) is 0 Å². The van der Waals surface area contributed by atoms with Crippen LogP contribution >= 0.6 is 11.3 Å². The fourth-order valence-corrected chi connectivity index (χ4v) is 4.87. The molecular formula is C16H18N2O4S2. The number of thiophene rings is 1. The van der Waals surface area contributed by atoms with Crippen molar-refractivity contribution in [2.75, 3.05) is 20.2 Å². The van der Waals surface area contributed by atoms with Crippen LogP contribution in [0, 0.1) is 5.92 Å². The molecule has 1 amide bonds. The molecule has 2 aromatic rings. The minimum Gasteiger partial charge on any atom is -0.493 e. The van der Waals surface area contributed by atoms with Crippen molar-refractivity contribution in [1.82, 2.24) is 10.0 Å². The van der Waals surface area contributed by atoms with E-state index in [0.717, 1.165) is 29.1 Å². The number of hydrogen-bond donors (Lipinski definition) is 2. The van der Waals surface area contributed by atoms with Crippen LogP contribution < -0.4 is 14.8 Å². The highest BCUT2D eigenvalue weighted by atomic mass is 32.2. The smallest absolute Gasteiger partial charge is 0.261 e. The van der Waals surface area contributed by atoms with Crippen LogP contribution in [-0.2, 0) is 16.4 Å². The van der Waals surface area contributed by atoms with Gasteiger partial charge in [-0.1, -0.05) is 18.2 Å². The highest BCUT2D eigenvalue weighted by molar-refractivity contribution is 7.89. The summed E-state index contributed by atoms with van der Waals surface area (Å²) in [5.74, 6) is 0.648. The third-order valence-corrected chi connectivity index (χ3v) is 6.34. The van der Waals surface area contributed by atoms with Crippen molar-refractivity contribution in [1.29, 1.82) is 0 Å². The van der Waals surface area contributed by atoms with Crippen molar-refractivity contribution in [2.24, 2.45) is 5.92 Å². The number of hydrogen-bond acceptors (Lipinski definition) is 5. The number of sulfonamides is 1. The lowest BCUT2D eigenvalue weighted by Gasteiger charge is -2.25. The summed E-state index contributed by atoms with van der Waals surface area (Å²) in [7, 11) is -2.12. The van der Waals surface area contributed by atoms with E-state index in [0.29, 0.717) is 18.0 Å². The van der Waals surface area contributed by atoms with Crippen LogP contribution in [0.5, 0.6) is 5.75 Å². The first-order valence-corrected chi connectivity index (χ1v) is 9.87. The van der Waals surface area contributed by atoms with Gasteiger partial charge in [0.05, 0.1) is 16.4 Å². The number of amides is 1. The molecule has 0 radical (unpaired) electrons. The Morgan fingerprint density at radius 1 is 1.38 bits per heavy atom. The highest BCUT2D eigenvalue weighted by Gasteiger charge is 2.23. The second kappa shape index (κ2) is 6.92. The van der Waals surface area contributed by atoms with Crippen LogP contribution in [0.3, 0.4) is 0 Å². The highest BCUT2D eigenvalue weighted by Crippen LogP contribution is 2.27. The lowest BCUT2D eigenvalue weighted by molar-refractivity contribution is 0.0967. The van der Waals surface area contributed by atoms with E-state index in [4.69, 9.17) is 4.74 Å². The molecule has 0 saturated heterocycles. The molecule has 2 heterocycles. The van der Waals surface area contributed by atoms with E-state index in [1.807, 2.05) is 24.3 Å². The summed E-state index contributed by atoms with van der Waals surface area (Å²) < 4.78 is 33.0. The van der Waals surface area contributed by atoms with E-state index >= 15 is 0 Å². The maximum absolute atomic E-state index is 12.4. The molecule has 0 spiro atoms. The summed E-state index contributed by atoms with van der Waals surface area (Å²) in [6.07, 6.45) is 0.770. The van der Waals surface area contributed by atoms with Gasteiger partial charge in [0, 0.05) is 24.9 Å². The van der Waals surface area contributed by atoms with Crippen LogP contribution in [0.1, 0.15) is 15.2 Å². The molecule has 8 heteroatoms. The molecule has 1 aliphatic heterocycles. The van der Waals surface area contributed by atoms with Gasteiger partial charge in [-0.3, -0.25) is 4.79 Å². The van der Waals surface area contributed by atoms with Gasteiger partial charge < -0.3 is 10.1 Å². The minimum atomic E-state index is -3.63. The van der Waals surface area contributed by atoms with E-state index in [1.165, 1.54) is 18.5 Å². The topological polar surface area (TPSA) is 84.5 Å². The van der Waals surface area contributed by atoms with Gasteiger partial charge in [0.15, 0.2) is 0 Å². The van der Waals surface area contributed by atoms with Crippen LogP contribution in [-0.4, -0.2) is 34.5 Å². The summed E-state index contributed by atoms with van der Waals surface area (Å²) >= 11 is 1.11. The SMILES string of the molecule is CNC(=O)c1cc(S(=O)(=O)NC[C@@H]2COc3ccccc3C2)cs1. The predicted molar refractivity (Wildman–Crippen MR) is 92.0 cm³/mol. The number of rotatable bonds is 5. The Morgan fingerprint density at radius 3 is 2.96 bits per heavy atom.